The Morgan fingerprint density at radius 1 is 1.23 bits per heavy atom. The van der Waals surface area contributed by atoms with E-state index in [9.17, 15) is 9.18 Å². The number of nitrogens with zero attached hydrogens (tertiary/aromatic N) is 1. The van der Waals surface area contributed by atoms with E-state index >= 15 is 0 Å². The maximum atomic E-state index is 14.7. The highest BCUT2D eigenvalue weighted by Crippen LogP contribution is 2.27. The summed E-state index contributed by atoms with van der Waals surface area (Å²) in [7, 11) is 0. The number of halogens is 1. The number of carboxylic acid groups (broad SMARTS) is 1. The molecule has 2 fully saturated rings. The molecular formula is C23H33FN4O2. The van der Waals surface area contributed by atoms with Crippen LogP contribution < -0.4 is 21.3 Å². The Morgan fingerprint density at radius 2 is 1.93 bits per heavy atom. The summed E-state index contributed by atoms with van der Waals surface area (Å²) in [6.45, 7) is 5.98. The Labute approximate surface area is 178 Å². The minimum absolute atomic E-state index is 0.129. The summed E-state index contributed by atoms with van der Waals surface area (Å²) in [6.07, 6.45) is 7.02. The number of hydrogen-bond donors (Lipinski definition) is 4. The fraction of sp³-hybridized carbons (Fsp3) is 0.522. The molecule has 0 amide bonds. The first-order valence-corrected chi connectivity index (χ1v) is 10.8. The van der Waals surface area contributed by atoms with E-state index in [4.69, 9.17) is 10.8 Å². The monoisotopic (exact) mass is 416 g/mol. The van der Waals surface area contributed by atoms with Crippen molar-refractivity contribution in [3.8, 4) is 0 Å². The van der Waals surface area contributed by atoms with E-state index in [2.05, 4.69) is 28.2 Å². The van der Waals surface area contributed by atoms with Gasteiger partial charge in [0.1, 0.15) is 12.1 Å². The molecule has 0 spiro atoms. The summed E-state index contributed by atoms with van der Waals surface area (Å²) in [5.74, 6) is -1.46. The SMILES string of the molecule is C=C(/C(F)=C\NC(N)NC1CCC(C(=O)O)CC1)c1cccc(N2CCCCC2)c1. The van der Waals surface area contributed by atoms with Gasteiger partial charge in [0.25, 0.3) is 0 Å². The quantitative estimate of drug-likeness (QED) is 0.383. The minimum atomic E-state index is -0.733. The maximum absolute atomic E-state index is 14.7. The Bertz CT molecular complexity index is 768. The molecular weight excluding hydrogens is 383 g/mol. The predicted octanol–water partition coefficient (Wildman–Crippen LogP) is 3.57. The number of carbonyl (C=O) groups is 1. The molecule has 1 aliphatic heterocycles. The normalized spacial score (nSPS) is 23.7. The molecule has 1 atom stereocenters. The molecule has 5 N–H and O–H groups in total. The second-order valence-corrected chi connectivity index (χ2v) is 8.27. The summed E-state index contributed by atoms with van der Waals surface area (Å²) in [6, 6.07) is 7.97. The summed E-state index contributed by atoms with van der Waals surface area (Å²) in [5, 5.41) is 15.1. The van der Waals surface area contributed by atoms with E-state index in [-0.39, 0.29) is 12.0 Å². The lowest BCUT2D eigenvalue weighted by Gasteiger charge is -2.29. The van der Waals surface area contributed by atoms with Crippen LogP contribution in [0.15, 0.2) is 42.9 Å². The first-order valence-electron chi connectivity index (χ1n) is 10.8. The Hall–Kier alpha value is -2.38. The van der Waals surface area contributed by atoms with Gasteiger partial charge in [0.15, 0.2) is 0 Å². The van der Waals surface area contributed by atoms with E-state index in [1.807, 2.05) is 18.2 Å². The van der Waals surface area contributed by atoms with Gasteiger partial charge in [-0.2, -0.15) is 0 Å². The second kappa shape index (κ2) is 10.6. The van der Waals surface area contributed by atoms with Crippen LogP contribution in [0.4, 0.5) is 10.1 Å². The number of nitrogens with one attached hydrogen (secondary N) is 2. The van der Waals surface area contributed by atoms with Crippen molar-refractivity contribution >= 4 is 17.2 Å². The predicted molar refractivity (Wildman–Crippen MR) is 118 cm³/mol. The fourth-order valence-electron chi connectivity index (χ4n) is 4.24. The van der Waals surface area contributed by atoms with Crippen LogP contribution in [-0.2, 0) is 4.79 Å². The Balaban J connectivity index is 1.51. The van der Waals surface area contributed by atoms with Crippen LogP contribution in [-0.4, -0.2) is 36.5 Å². The molecule has 1 saturated heterocycles. The molecule has 3 rings (SSSR count). The van der Waals surface area contributed by atoms with Gasteiger partial charge in [-0.05, 0) is 62.6 Å². The van der Waals surface area contributed by atoms with Crippen LogP contribution in [0.1, 0.15) is 50.5 Å². The molecule has 6 nitrogen and oxygen atoms in total. The van der Waals surface area contributed by atoms with Crippen LogP contribution in [0.2, 0.25) is 0 Å². The van der Waals surface area contributed by atoms with Gasteiger partial charge in [-0.1, -0.05) is 18.7 Å². The van der Waals surface area contributed by atoms with Crippen LogP contribution in [0, 0.1) is 5.92 Å². The lowest BCUT2D eigenvalue weighted by atomic mass is 9.86. The van der Waals surface area contributed by atoms with Crippen LogP contribution in [0.25, 0.3) is 5.57 Å². The summed E-state index contributed by atoms with van der Waals surface area (Å²) in [4.78, 5) is 13.4. The lowest BCUT2D eigenvalue weighted by molar-refractivity contribution is -0.142. The molecule has 0 bridgehead atoms. The molecule has 1 unspecified atom stereocenters. The number of piperidine rings is 1. The first-order chi connectivity index (χ1) is 14.4. The third-order valence-corrected chi connectivity index (χ3v) is 6.09. The number of benzene rings is 1. The van der Waals surface area contributed by atoms with E-state index in [0.717, 1.165) is 37.2 Å². The zero-order chi connectivity index (χ0) is 21.5. The summed E-state index contributed by atoms with van der Waals surface area (Å²) < 4.78 is 14.7. The summed E-state index contributed by atoms with van der Waals surface area (Å²) in [5.41, 5.74) is 8.19. The van der Waals surface area contributed by atoms with E-state index in [1.54, 1.807) is 0 Å². The zero-order valence-corrected chi connectivity index (χ0v) is 17.4. The molecule has 164 valence electrons. The van der Waals surface area contributed by atoms with Crippen LogP contribution >= 0.6 is 0 Å². The molecule has 2 aliphatic rings. The molecule has 0 radical (unpaired) electrons. The molecule has 1 heterocycles. The average Bonchev–Trinajstić information content (AvgIpc) is 2.78. The van der Waals surface area contributed by atoms with Gasteiger partial charge in [0.2, 0.25) is 0 Å². The van der Waals surface area contributed by atoms with Crippen molar-refractivity contribution in [3.63, 3.8) is 0 Å². The van der Waals surface area contributed by atoms with Gasteiger partial charge >= 0.3 is 5.97 Å². The number of rotatable bonds is 8. The van der Waals surface area contributed by atoms with Gasteiger partial charge in [0, 0.05) is 36.6 Å². The first kappa shape index (κ1) is 22.3. The number of hydrogen-bond acceptors (Lipinski definition) is 5. The molecule has 0 aromatic heterocycles. The zero-order valence-electron chi connectivity index (χ0n) is 17.4. The molecule has 1 saturated carbocycles. The van der Waals surface area contributed by atoms with Crippen molar-refractivity contribution in [2.75, 3.05) is 18.0 Å². The van der Waals surface area contributed by atoms with Crippen molar-refractivity contribution in [1.29, 1.82) is 0 Å². The second-order valence-electron chi connectivity index (χ2n) is 8.27. The van der Waals surface area contributed by atoms with Crippen molar-refractivity contribution in [3.05, 3.63) is 48.4 Å². The smallest absolute Gasteiger partial charge is 0.306 e. The molecule has 30 heavy (non-hydrogen) atoms. The highest BCUT2D eigenvalue weighted by Gasteiger charge is 2.26. The van der Waals surface area contributed by atoms with Crippen molar-refractivity contribution < 1.29 is 14.3 Å². The lowest BCUT2D eigenvalue weighted by Crippen LogP contribution is -2.52. The van der Waals surface area contributed by atoms with Crippen molar-refractivity contribution in [2.45, 2.75) is 57.3 Å². The van der Waals surface area contributed by atoms with Gasteiger partial charge in [-0.3, -0.25) is 15.8 Å². The number of anilines is 1. The van der Waals surface area contributed by atoms with Gasteiger partial charge in [-0.25, -0.2) is 4.39 Å². The molecule has 7 heteroatoms. The van der Waals surface area contributed by atoms with Crippen LogP contribution in [0.5, 0.6) is 0 Å². The average molecular weight is 417 g/mol. The number of carboxylic acids is 1. The third-order valence-electron chi connectivity index (χ3n) is 6.09. The molecule has 1 aromatic carbocycles. The van der Waals surface area contributed by atoms with E-state index in [0.29, 0.717) is 18.4 Å². The highest BCUT2D eigenvalue weighted by atomic mass is 19.1. The van der Waals surface area contributed by atoms with Crippen molar-refractivity contribution in [2.24, 2.45) is 11.7 Å². The minimum Gasteiger partial charge on any atom is -0.481 e. The van der Waals surface area contributed by atoms with Crippen molar-refractivity contribution in [1.82, 2.24) is 10.6 Å². The molecule has 1 aromatic rings. The number of nitrogens with two attached hydrogens (primary N) is 1. The maximum Gasteiger partial charge on any atom is 0.306 e. The van der Waals surface area contributed by atoms with Gasteiger partial charge in [0.05, 0.1) is 5.92 Å². The fourth-order valence-corrected chi connectivity index (χ4v) is 4.24. The highest BCUT2D eigenvalue weighted by molar-refractivity contribution is 5.77. The molecule has 1 aliphatic carbocycles. The van der Waals surface area contributed by atoms with E-state index < -0.39 is 18.1 Å². The summed E-state index contributed by atoms with van der Waals surface area (Å²) >= 11 is 0. The van der Waals surface area contributed by atoms with Gasteiger partial charge in [-0.15, -0.1) is 0 Å². The third kappa shape index (κ3) is 6.06. The topological polar surface area (TPSA) is 90.6 Å². The number of aliphatic carboxylic acids is 1. The van der Waals surface area contributed by atoms with Gasteiger partial charge < -0.3 is 15.3 Å². The largest absolute Gasteiger partial charge is 0.481 e. The Kier molecular flexibility index (Phi) is 7.87. The standard InChI is InChI=1S/C23H33FN4O2/c1-16(18-6-5-7-20(14-18)28-12-3-2-4-13-28)21(24)15-26-23(25)27-19-10-8-17(9-11-19)22(29)30/h5-7,14-15,17,19,23,26-27H,1-4,8-13,25H2,(H,29,30)/b21-15+. The Morgan fingerprint density at radius 3 is 2.60 bits per heavy atom. The number of allylic oxidation sites excluding steroid dienone is 2. The van der Waals surface area contributed by atoms with Crippen LogP contribution in [0.3, 0.4) is 0 Å². The van der Waals surface area contributed by atoms with E-state index in [1.165, 1.54) is 25.5 Å².